The minimum absolute atomic E-state index is 0.854. The van der Waals surface area contributed by atoms with Gasteiger partial charge in [0.15, 0.2) is 0 Å². The molecule has 0 radical (unpaired) electrons. The van der Waals surface area contributed by atoms with Crippen LogP contribution in [0, 0.1) is 0 Å². The molecule has 1 fully saturated rings. The third kappa shape index (κ3) is 2.17. The van der Waals surface area contributed by atoms with Gasteiger partial charge < -0.3 is 0 Å². The summed E-state index contributed by atoms with van der Waals surface area (Å²) in [5, 5.41) is 9.44. The minimum Gasteiger partial charge on any atom is -0.299 e. The zero-order chi connectivity index (χ0) is 8.97. The van der Waals surface area contributed by atoms with Crippen molar-refractivity contribution in [2.24, 2.45) is 10.3 Å². The van der Waals surface area contributed by atoms with E-state index in [1.807, 2.05) is 5.01 Å². The first-order valence-electron chi connectivity index (χ1n) is 3.89. The molecule has 0 spiro atoms. The van der Waals surface area contributed by atoms with Crippen LogP contribution in [0.2, 0.25) is 0 Å². The zero-order valence-electron chi connectivity index (χ0n) is 7.40. The quantitative estimate of drug-likeness (QED) is 0.578. The molecule has 0 unspecified atom stereocenters. The number of nitrogens with zero attached hydrogens (tertiary/aromatic N) is 4. The molecule has 0 aliphatic carbocycles. The van der Waals surface area contributed by atoms with E-state index in [-0.39, 0.29) is 0 Å². The number of piperazine rings is 1. The van der Waals surface area contributed by atoms with Gasteiger partial charge in [0, 0.05) is 25.0 Å². The van der Waals surface area contributed by atoms with Crippen LogP contribution in [0.3, 0.4) is 0 Å². The molecule has 0 bridgehead atoms. The maximum atomic E-state index is 3.93. The largest absolute Gasteiger partial charge is 0.299 e. The maximum absolute atomic E-state index is 3.93. The third-order valence-corrected chi connectivity index (χ3v) is 1.75. The lowest BCUT2D eigenvalue weighted by atomic mass is 10.3. The first-order chi connectivity index (χ1) is 5.74. The summed E-state index contributed by atoms with van der Waals surface area (Å²) in [7, 11) is 2.06. The van der Waals surface area contributed by atoms with Crippen LogP contribution in [0.15, 0.2) is 35.4 Å². The van der Waals surface area contributed by atoms with E-state index in [9.17, 15) is 0 Å². The molecular formula is C8H14N4. The van der Waals surface area contributed by atoms with Gasteiger partial charge in [-0.25, -0.2) is 5.01 Å². The summed E-state index contributed by atoms with van der Waals surface area (Å²) in [6, 6.07) is 0. The Balaban J connectivity index is 2.50. The summed E-state index contributed by atoms with van der Waals surface area (Å²) in [6.07, 6.45) is 1.42. The molecule has 1 saturated heterocycles. The number of hydrogen-bond acceptors (Lipinski definition) is 3. The van der Waals surface area contributed by atoms with Gasteiger partial charge in [0.25, 0.3) is 0 Å². The van der Waals surface area contributed by atoms with E-state index in [4.69, 9.17) is 0 Å². The van der Waals surface area contributed by atoms with Crippen LogP contribution < -0.4 is 0 Å². The average molecular weight is 166 g/mol. The predicted molar refractivity (Wildman–Crippen MR) is 48.4 cm³/mol. The van der Waals surface area contributed by atoms with Gasteiger partial charge in [0.1, 0.15) is 0 Å². The molecule has 1 rings (SSSR count). The lowest BCUT2D eigenvalue weighted by molar-refractivity contribution is 0.201. The Labute approximate surface area is 72.8 Å². The van der Waals surface area contributed by atoms with E-state index in [1.54, 1.807) is 0 Å². The third-order valence-electron chi connectivity index (χ3n) is 1.75. The molecule has 0 aromatic rings. The molecule has 1 heterocycles. The Morgan fingerprint density at radius 2 is 2.25 bits per heavy atom. The summed E-state index contributed by atoms with van der Waals surface area (Å²) in [4.78, 5) is 2.20. The number of hydrogen-bond donors (Lipinski definition) is 0. The van der Waals surface area contributed by atoms with E-state index in [2.05, 4.69) is 35.4 Å². The van der Waals surface area contributed by atoms with Crippen LogP contribution >= 0.6 is 0 Å². The van der Waals surface area contributed by atoms with Crippen molar-refractivity contribution in [2.45, 2.75) is 0 Å². The van der Waals surface area contributed by atoms with Crippen LogP contribution in [0.5, 0.6) is 0 Å². The highest BCUT2D eigenvalue weighted by Crippen LogP contribution is 2.10. The topological polar surface area (TPSA) is 31.2 Å². The molecular weight excluding hydrogens is 152 g/mol. The van der Waals surface area contributed by atoms with Crippen molar-refractivity contribution in [3.05, 3.63) is 25.1 Å². The summed E-state index contributed by atoms with van der Waals surface area (Å²) in [5.41, 5.74) is 0.981. The van der Waals surface area contributed by atoms with E-state index >= 15 is 0 Å². The lowest BCUT2D eigenvalue weighted by Crippen LogP contribution is -2.39. The van der Waals surface area contributed by atoms with Gasteiger partial charge in [0.2, 0.25) is 0 Å². The second kappa shape index (κ2) is 4.01. The highest BCUT2D eigenvalue weighted by molar-refractivity contribution is 4.98. The fourth-order valence-corrected chi connectivity index (χ4v) is 1.10. The van der Waals surface area contributed by atoms with Crippen molar-refractivity contribution in [1.29, 1.82) is 0 Å². The normalized spacial score (nSPS) is 20.4. The summed E-state index contributed by atoms with van der Waals surface area (Å²) in [5.74, 6) is 0. The predicted octanol–water partition coefficient (Wildman–Crippen LogP) is 1.26. The molecule has 4 nitrogen and oxygen atoms in total. The van der Waals surface area contributed by atoms with Gasteiger partial charge in [-0.1, -0.05) is 18.4 Å². The zero-order valence-corrected chi connectivity index (χ0v) is 7.40. The Morgan fingerprint density at radius 3 is 2.83 bits per heavy atom. The molecule has 0 aromatic carbocycles. The van der Waals surface area contributed by atoms with Gasteiger partial charge in [-0.3, -0.25) is 4.90 Å². The first-order valence-corrected chi connectivity index (χ1v) is 3.89. The van der Waals surface area contributed by atoms with Crippen molar-refractivity contribution >= 4 is 0 Å². The Hall–Kier alpha value is -1.16. The van der Waals surface area contributed by atoms with Gasteiger partial charge in [0.05, 0.1) is 6.54 Å². The van der Waals surface area contributed by atoms with Crippen molar-refractivity contribution < 1.29 is 0 Å². The summed E-state index contributed by atoms with van der Waals surface area (Å²) in [6.45, 7) is 10.1. The molecule has 0 atom stereocenters. The Morgan fingerprint density at radius 1 is 1.50 bits per heavy atom. The van der Waals surface area contributed by atoms with E-state index in [0.717, 1.165) is 25.3 Å². The second-order valence-corrected chi connectivity index (χ2v) is 2.81. The van der Waals surface area contributed by atoms with E-state index in [0.29, 0.717) is 0 Å². The van der Waals surface area contributed by atoms with Crippen molar-refractivity contribution in [2.75, 3.05) is 26.7 Å². The minimum atomic E-state index is 0.854. The standard InChI is InChI=1S/C8H14N4/c1-4-9-10-12-6-5-11(3)7-8(12)2/h4H,1-2,5-7H2,3H3/b10-9-. The van der Waals surface area contributed by atoms with Crippen molar-refractivity contribution in [3.63, 3.8) is 0 Å². The number of rotatable bonds is 2. The van der Waals surface area contributed by atoms with E-state index in [1.165, 1.54) is 6.20 Å². The van der Waals surface area contributed by atoms with Crippen LogP contribution in [0.25, 0.3) is 0 Å². The van der Waals surface area contributed by atoms with Crippen LogP contribution in [0.4, 0.5) is 0 Å². The highest BCUT2D eigenvalue weighted by atomic mass is 15.6. The summed E-state index contributed by atoms with van der Waals surface area (Å²) < 4.78 is 0. The van der Waals surface area contributed by atoms with Crippen LogP contribution in [-0.4, -0.2) is 36.6 Å². The van der Waals surface area contributed by atoms with E-state index < -0.39 is 0 Å². The molecule has 12 heavy (non-hydrogen) atoms. The Bertz CT molecular complexity index is 209. The molecule has 4 heteroatoms. The SMILES string of the molecule is C=C/N=N\N1CCN(C)CC1=C. The fourth-order valence-electron chi connectivity index (χ4n) is 1.10. The maximum Gasteiger partial charge on any atom is 0.0557 e. The Kier molecular flexibility index (Phi) is 2.99. The van der Waals surface area contributed by atoms with Gasteiger partial charge in [-0.15, -0.1) is 5.11 Å². The van der Waals surface area contributed by atoms with Crippen molar-refractivity contribution in [3.8, 4) is 0 Å². The monoisotopic (exact) mass is 166 g/mol. The average Bonchev–Trinajstić information content (AvgIpc) is 2.03. The molecule has 0 N–H and O–H groups in total. The smallest absolute Gasteiger partial charge is 0.0557 e. The van der Waals surface area contributed by atoms with Crippen LogP contribution in [-0.2, 0) is 0 Å². The van der Waals surface area contributed by atoms with Crippen LogP contribution in [0.1, 0.15) is 0 Å². The first kappa shape index (κ1) is 8.93. The van der Waals surface area contributed by atoms with Gasteiger partial charge in [-0.2, -0.15) is 0 Å². The number of likely N-dealkylation sites (N-methyl/N-ethyl adjacent to an activating group) is 1. The summed E-state index contributed by atoms with van der Waals surface area (Å²) >= 11 is 0. The van der Waals surface area contributed by atoms with Crippen molar-refractivity contribution in [1.82, 2.24) is 9.91 Å². The fraction of sp³-hybridized carbons (Fsp3) is 0.500. The lowest BCUT2D eigenvalue weighted by Gasteiger charge is -2.30. The second-order valence-electron chi connectivity index (χ2n) is 2.81. The molecule has 66 valence electrons. The molecule has 1 aliphatic heterocycles. The highest BCUT2D eigenvalue weighted by Gasteiger charge is 2.15. The molecule has 0 saturated carbocycles. The molecule has 0 aromatic heterocycles. The van der Waals surface area contributed by atoms with Gasteiger partial charge >= 0.3 is 0 Å². The molecule has 0 amide bonds. The molecule has 1 aliphatic rings. The van der Waals surface area contributed by atoms with Gasteiger partial charge in [-0.05, 0) is 7.05 Å².